The quantitative estimate of drug-likeness (QED) is 0.863. The highest BCUT2D eigenvalue weighted by molar-refractivity contribution is 5.35. The van der Waals surface area contributed by atoms with Gasteiger partial charge in [0.15, 0.2) is 0 Å². The molecule has 1 heterocycles. The van der Waals surface area contributed by atoms with Gasteiger partial charge in [-0.1, -0.05) is 45.9 Å². The second kappa shape index (κ2) is 7.33. The molecule has 1 N–H and O–H groups in total. The van der Waals surface area contributed by atoms with Gasteiger partial charge in [-0.2, -0.15) is 0 Å². The fourth-order valence-corrected chi connectivity index (χ4v) is 1.97. The van der Waals surface area contributed by atoms with E-state index in [2.05, 4.69) is 37.4 Å². The minimum atomic E-state index is 0. The predicted molar refractivity (Wildman–Crippen MR) is 75.9 cm³/mol. The molecule has 0 bridgehead atoms. The van der Waals surface area contributed by atoms with E-state index in [9.17, 15) is 0 Å². The first-order valence-corrected chi connectivity index (χ1v) is 6.73. The Kier molecular flexibility index (Phi) is 6.06. The Labute approximate surface area is 107 Å². The summed E-state index contributed by atoms with van der Waals surface area (Å²) < 4.78 is 6.01. The van der Waals surface area contributed by atoms with Crippen LogP contribution in [0.5, 0.6) is 5.75 Å². The average molecular weight is 237 g/mol. The van der Waals surface area contributed by atoms with Crippen molar-refractivity contribution >= 4 is 0 Å². The lowest BCUT2D eigenvalue weighted by atomic mass is 10.0. The number of ether oxygens (including phenoxy) is 1. The highest BCUT2D eigenvalue weighted by Gasteiger charge is 2.17. The van der Waals surface area contributed by atoms with Crippen molar-refractivity contribution in [3.63, 3.8) is 0 Å². The molecule has 98 valence electrons. The lowest BCUT2D eigenvalue weighted by Gasteiger charge is -2.17. The van der Waals surface area contributed by atoms with Gasteiger partial charge in [0, 0.05) is 7.97 Å². The van der Waals surface area contributed by atoms with Crippen LogP contribution >= 0.6 is 0 Å². The molecule has 0 radical (unpaired) electrons. The third-order valence-corrected chi connectivity index (χ3v) is 2.85. The van der Waals surface area contributed by atoms with E-state index in [1.54, 1.807) is 0 Å². The number of nitrogens with one attached hydrogen (secondary N) is 1. The maximum Gasteiger partial charge on any atom is 0.123 e. The summed E-state index contributed by atoms with van der Waals surface area (Å²) in [5.74, 6) is 1.58. The van der Waals surface area contributed by atoms with Crippen molar-refractivity contribution in [3.8, 4) is 5.75 Å². The first kappa shape index (κ1) is 14.0. The molecule has 2 rings (SSSR count). The standard InChI is InChI=1S/C13H19NO.C2H6.H2/c1-10(2)12-5-3-4-6-13(12)15-11-7-8-14-9-11;1-2;/h3-6,10-11,14H,7-9H2,1-2H3;1-2H3;1H/t11-;;/m0../s1. The fraction of sp³-hybridized carbons (Fsp3) is 0.600. The molecule has 1 aliphatic rings. The predicted octanol–water partition coefficient (Wildman–Crippen LogP) is 3.82. The number of hydrogen-bond donors (Lipinski definition) is 1. The van der Waals surface area contributed by atoms with Crippen molar-refractivity contribution in [2.24, 2.45) is 0 Å². The normalized spacial score (nSPS) is 18.8. The maximum atomic E-state index is 6.01. The number of para-hydroxylation sites is 1. The van der Waals surface area contributed by atoms with Crippen LogP contribution in [-0.4, -0.2) is 19.2 Å². The zero-order valence-corrected chi connectivity index (χ0v) is 11.5. The van der Waals surface area contributed by atoms with Gasteiger partial charge in [0.2, 0.25) is 0 Å². The van der Waals surface area contributed by atoms with Crippen LogP contribution < -0.4 is 10.1 Å². The molecule has 0 aliphatic carbocycles. The van der Waals surface area contributed by atoms with E-state index in [0.717, 1.165) is 25.3 Å². The van der Waals surface area contributed by atoms with Crippen LogP contribution in [0.2, 0.25) is 0 Å². The Morgan fingerprint density at radius 2 is 2.00 bits per heavy atom. The second-order valence-electron chi connectivity index (χ2n) is 4.43. The average Bonchev–Trinajstić information content (AvgIpc) is 2.85. The Morgan fingerprint density at radius 1 is 1.29 bits per heavy atom. The Morgan fingerprint density at radius 3 is 2.59 bits per heavy atom. The topological polar surface area (TPSA) is 21.3 Å². The van der Waals surface area contributed by atoms with Gasteiger partial charge in [-0.05, 0) is 30.5 Å². The number of benzene rings is 1. The molecule has 1 aromatic carbocycles. The summed E-state index contributed by atoms with van der Waals surface area (Å²) in [7, 11) is 0. The van der Waals surface area contributed by atoms with E-state index in [-0.39, 0.29) is 1.43 Å². The number of hydrogen-bond acceptors (Lipinski definition) is 2. The first-order chi connectivity index (χ1) is 8.27. The van der Waals surface area contributed by atoms with Crippen molar-refractivity contribution < 1.29 is 6.16 Å². The highest BCUT2D eigenvalue weighted by atomic mass is 16.5. The van der Waals surface area contributed by atoms with Crippen LogP contribution in [0.1, 0.15) is 47.0 Å². The maximum absolute atomic E-state index is 6.01. The van der Waals surface area contributed by atoms with E-state index < -0.39 is 0 Å². The minimum Gasteiger partial charge on any atom is -0.489 e. The van der Waals surface area contributed by atoms with Crippen molar-refractivity contribution in [3.05, 3.63) is 29.8 Å². The third kappa shape index (κ3) is 4.04. The van der Waals surface area contributed by atoms with Crippen molar-refractivity contribution in [2.45, 2.75) is 46.1 Å². The lowest BCUT2D eigenvalue weighted by molar-refractivity contribution is 0.220. The van der Waals surface area contributed by atoms with Crippen LogP contribution in [0.25, 0.3) is 0 Å². The number of rotatable bonds is 3. The summed E-state index contributed by atoms with van der Waals surface area (Å²) in [4.78, 5) is 0. The van der Waals surface area contributed by atoms with Gasteiger partial charge < -0.3 is 10.1 Å². The summed E-state index contributed by atoms with van der Waals surface area (Å²) in [5.41, 5.74) is 1.31. The van der Waals surface area contributed by atoms with Gasteiger partial charge in [-0.25, -0.2) is 0 Å². The van der Waals surface area contributed by atoms with Crippen LogP contribution in [0.4, 0.5) is 0 Å². The van der Waals surface area contributed by atoms with E-state index in [4.69, 9.17) is 4.74 Å². The molecule has 0 saturated carbocycles. The second-order valence-corrected chi connectivity index (χ2v) is 4.43. The molecule has 17 heavy (non-hydrogen) atoms. The zero-order chi connectivity index (χ0) is 12.7. The molecule has 1 fully saturated rings. The molecule has 1 atom stereocenters. The SMILES string of the molecule is CC.CC(C)c1ccccc1O[C@H]1CCNC1.[HH]. The van der Waals surface area contributed by atoms with Gasteiger partial charge in [0.25, 0.3) is 0 Å². The Bertz CT molecular complexity index is 322. The van der Waals surface area contributed by atoms with E-state index in [1.807, 2.05) is 19.9 Å². The molecular formula is C15H27NO. The summed E-state index contributed by atoms with van der Waals surface area (Å²) in [6.07, 6.45) is 1.47. The molecule has 2 heteroatoms. The molecular weight excluding hydrogens is 210 g/mol. The molecule has 1 aliphatic heterocycles. The summed E-state index contributed by atoms with van der Waals surface area (Å²) in [5, 5.41) is 3.32. The van der Waals surface area contributed by atoms with Crippen molar-refractivity contribution in [2.75, 3.05) is 13.1 Å². The molecule has 1 aromatic rings. The van der Waals surface area contributed by atoms with Crippen molar-refractivity contribution in [1.29, 1.82) is 0 Å². The molecule has 0 amide bonds. The molecule has 2 nitrogen and oxygen atoms in total. The van der Waals surface area contributed by atoms with Crippen LogP contribution in [-0.2, 0) is 0 Å². The molecule has 0 unspecified atom stereocenters. The third-order valence-electron chi connectivity index (χ3n) is 2.85. The van der Waals surface area contributed by atoms with Crippen LogP contribution in [0, 0.1) is 0 Å². The largest absolute Gasteiger partial charge is 0.489 e. The first-order valence-electron chi connectivity index (χ1n) is 6.73. The van der Waals surface area contributed by atoms with E-state index in [0.29, 0.717) is 12.0 Å². The van der Waals surface area contributed by atoms with Gasteiger partial charge in [-0.15, -0.1) is 0 Å². The Hall–Kier alpha value is -1.02. The lowest BCUT2D eigenvalue weighted by Crippen LogP contribution is -2.20. The monoisotopic (exact) mass is 237 g/mol. The van der Waals surface area contributed by atoms with E-state index in [1.165, 1.54) is 5.56 Å². The fourth-order valence-electron chi connectivity index (χ4n) is 1.97. The van der Waals surface area contributed by atoms with Crippen LogP contribution in [0.15, 0.2) is 24.3 Å². The van der Waals surface area contributed by atoms with Gasteiger partial charge in [-0.3, -0.25) is 0 Å². The summed E-state index contributed by atoms with van der Waals surface area (Å²) in [6.45, 7) is 10.5. The van der Waals surface area contributed by atoms with Gasteiger partial charge in [0.1, 0.15) is 11.9 Å². The molecule has 0 aromatic heterocycles. The highest BCUT2D eigenvalue weighted by Crippen LogP contribution is 2.27. The molecule has 1 saturated heterocycles. The van der Waals surface area contributed by atoms with Gasteiger partial charge in [0.05, 0.1) is 0 Å². The zero-order valence-electron chi connectivity index (χ0n) is 11.5. The van der Waals surface area contributed by atoms with Crippen molar-refractivity contribution in [1.82, 2.24) is 5.32 Å². The van der Waals surface area contributed by atoms with Gasteiger partial charge >= 0.3 is 0 Å². The summed E-state index contributed by atoms with van der Waals surface area (Å²) in [6, 6.07) is 8.36. The van der Waals surface area contributed by atoms with Crippen LogP contribution in [0.3, 0.4) is 0 Å². The van der Waals surface area contributed by atoms with E-state index >= 15 is 0 Å². The minimum absolute atomic E-state index is 0. The smallest absolute Gasteiger partial charge is 0.123 e. The summed E-state index contributed by atoms with van der Waals surface area (Å²) >= 11 is 0. The Balaban J connectivity index is 0.000000917. The molecule has 0 spiro atoms.